The molecular weight excluding hydrogens is 421 g/mol. The summed E-state index contributed by atoms with van der Waals surface area (Å²) >= 11 is 0. The first kappa shape index (κ1) is 21.0. The van der Waals surface area contributed by atoms with Crippen LogP contribution in [0.15, 0.2) is 72.8 Å². The van der Waals surface area contributed by atoms with E-state index in [1.807, 2.05) is 19.9 Å². The van der Waals surface area contributed by atoms with Gasteiger partial charge in [-0.25, -0.2) is 14.7 Å². The standard InChI is InChI=1S/C26H22FN3O3/c1-15-10-12-17(13-11-15)24(31)30-23-21(22(28-30)19-8-3-4-9-20(19)27)25(32)29(26(23)33)18-7-5-6-16(2)14-18/h3-14,21-23,28H,1-2H3/t21-,22+,23+/m0/s1. The van der Waals surface area contributed by atoms with Gasteiger partial charge < -0.3 is 0 Å². The van der Waals surface area contributed by atoms with Gasteiger partial charge in [0.1, 0.15) is 11.9 Å². The van der Waals surface area contributed by atoms with E-state index >= 15 is 0 Å². The molecule has 2 aliphatic rings. The lowest BCUT2D eigenvalue weighted by molar-refractivity contribution is -0.123. The Morgan fingerprint density at radius 2 is 1.61 bits per heavy atom. The highest BCUT2D eigenvalue weighted by Crippen LogP contribution is 2.42. The molecule has 0 aliphatic carbocycles. The van der Waals surface area contributed by atoms with E-state index in [1.165, 1.54) is 11.1 Å². The molecule has 0 unspecified atom stereocenters. The molecule has 1 N–H and O–H groups in total. The fourth-order valence-corrected chi connectivity index (χ4v) is 4.62. The van der Waals surface area contributed by atoms with Crippen LogP contribution in [-0.4, -0.2) is 28.8 Å². The minimum Gasteiger partial charge on any atom is -0.274 e. The lowest BCUT2D eigenvalue weighted by atomic mass is 9.90. The monoisotopic (exact) mass is 443 g/mol. The highest BCUT2D eigenvalue weighted by molar-refractivity contribution is 6.25. The van der Waals surface area contributed by atoms with Gasteiger partial charge >= 0.3 is 0 Å². The number of aryl methyl sites for hydroxylation is 2. The molecule has 3 aromatic rings. The summed E-state index contributed by atoms with van der Waals surface area (Å²) < 4.78 is 14.7. The first-order valence-electron chi connectivity index (χ1n) is 10.7. The van der Waals surface area contributed by atoms with Gasteiger partial charge in [-0.1, -0.05) is 48.0 Å². The normalized spacial score (nSPS) is 22.1. The van der Waals surface area contributed by atoms with Crippen LogP contribution in [0, 0.1) is 25.6 Å². The third kappa shape index (κ3) is 3.41. The molecule has 3 aromatic carbocycles. The third-order valence-corrected chi connectivity index (χ3v) is 6.25. The fourth-order valence-electron chi connectivity index (χ4n) is 4.62. The zero-order chi connectivity index (χ0) is 23.3. The number of imide groups is 1. The predicted octanol–water partition coefficient (Wildman–Crippen LogP) is 3.70. The zero-order valence-corrected chi connectivity index (χ0v) is 18.2. The van der Waals surface area contributed by atoms with Crippen molar-refractivity contribution in [1.29, 1.82) is 0 Å². The Morgan fingerprint density at radius 3 is 2.30 bits per heavy atom. The van der Waals surface area contributed by atoms with Crippen molar-refractivity contribution in [3.63, 3.8) is 0 Å². The molecule has 7 heteroatoms. The number of hydrogen-bond acceptors (Lipinski definition) is 4. The number of nitrogens with one attached hydrogen (secondary N) is 1. The second-order valence-corrected chi connectivity index (χ2v) is 8.49. The average Bonchev–Trinajstić information content (AvgIpc) is 3.31. The Bertz CT molecular complexity index is 1270. The molecule has 0 bridgehead atoms. The van der Waals surface area contributed by atoms with Gasteiger partial charge in [0.2, 0.25) is 5.91 Å². The zero-order valence-electron chi connectivity index (χ0n) is 18.2. The Morgan fingerprint density at radius 1 is 0.879 bits per heavy atom. The van der Waals surface area contributed by atoms with E-state index in [4.69, 9.17) is 0 Å². The summed E-state index contributed by atoms with van der Waals surface area (Å²) in [5, 5.41) is 1.20. The molecular formula is C26H22FN3O3. The Kier molecular flexibility index (Phi) is 5.06. The van der Waals surface area contributed by atoms with Crippen molar-refractivity contribution >= 4 is 23.4 Å². The van der Waals surface area contributed by atoms with Crippen molar-refractivity contribution in [3.05, 3.63) is 101 Å². The highest BCUT2D eigenvalue weighted by Gasteiger charge is 2.60. The summed E-state index contributed by atoms with van der Waals surface area (Å²) in [6.07, 6.45) is 0. The van der Waals surface area contributed by atoms with Crippen molar-refractivity contribution in [3.8, 4) is 0 Å². The van der Waals surface area contributed by atoms with Crippen molar-refractivity contribution in [1.82, 2.24) is 10.4 Å². The minimum atomic E-state index is -1.09. The molecule has 2 heterocycles. The first-order valence-corrected chi connectivity index (χ1v) is 10.7. The number of carbonyl (C=O) groups excluding carboxylic acids is 3. The maximum Gasteiger partial charge on any atom is 0.268 e. The number of halogens is 1. The second-order valence-electron chi connectivity index (χ2n) is 8.49. The van der Waals surface area contributed by atoms with Gasteiger partial charge in [0.05, 0.1) is 17.6 Å². The topological polar surface area (TPSA) is 69.7 Å². The quantitative estimate of drug-likeness (QED) is 0.627. The van der Waals surface area contributed by atoms with Crippen LogP contribution in [0.4, 0.5) is 10.1 Å². The van der Waals surface area contributed by atoms with Crippen molar-refractivity contribution in [2.75, 3.05) is 4.90 Å². The van der Waals surface area contributed by atoms with Gasteiger partial charge in [0.15, 0.2) is 0 Å². The number of nitrogens with zero attached hydrogens (tertiary/aromatic N) is 2. The Balaban J connectivity index is 1.60. The van der Waals surface area contributed by atoms with Crippen LogP contribution in [-0.2, 0) is 9.59 Å². The molecule has 0 saturated carbocycles. The number of amides is 3. The molecule has 0 radical (unpaired) electrons. The molecule has 6 nitrogen and oxygen atoms in total. The van der Waals surface area contributed by atoms with E-state index in [0.717, 1.165) is 16.0 Å². The number of benzene rings is 3. The van der Waals surface area contributed by atoms with Gasteiger partial charge in [0, 0.05) is 11.1 Å². The Hall–Kier alpha value is -3.84. The van der Waals surface area contributed by atoms with Gasteiger partial charge in [-0.3, -0.25) is 19.4 Å². The molecule has 5 rings (SSSR count). The summed E-state index contributed by atoms with van der Waals surface area (Å²) in [5.41, 5.74) is 5.90. The third-order valence-electron chi connectivity index (χ3n) is 6.25. The lowest BCUT2D eigenvalue weighted by Gasteiger charge is -2.25. The van der Waals surface area contributed by atoms with Crippen molar-refractivity contribution in [2.45, 2.75) is 25.9 Å². The summed E-state index contributed by atoms with van der Waals surface area (Å²) in [6.45, 7) is 3.78. The van der Waals surface area contributed by atoms with Crippen LogP contribution in [0.2, 0.25) is 0 Å². The van der Waals surface area contributed by atoms with E-state index in [9.17, 15) is 18.8 Å². The molecule has 33 heavy (non-hydrogen) atoms. The van der Waals surface area contributed by atoms with Crippen molar-refractivity contribution in [2.24, 2.45) is 5.92 Å². The largest absolute Gasteiger partial charge is 0.274 e. The van der Waals surface area contributed by atoms with Crippen LogP contribution in [0.25, 0.3) is 0 Å². The smallest absolute Gasteiger partial charge is 0.268 e. The molecule has 2 fully saturated rings. The van der Waals surface area contributed by atoms with Gasteiger partial charge in [-0.15, -0.1) is 0 Å². The summed E-state index contributed by atoms with van der Waals surface area (Å²) in [4.78, 5) is 41.6. The van der Waals surface area contributed by atoms with E-state index < -0.39 is 41.5 Å². The minimum absolute atomic E-state index is 0.235. The number of carbonyl (C=O) groups is 3. The van der Waals surface area contributed by atoms with Crippen LogP contribution < -0.4 is 10.3 Å². The molecule has 2 aliphatic heterocycles. The van der Waals surface area contributed by atoms with Gasteiger partial charge in [-0.05, 0) is 49.7 Å². The molecule has 3 amide bonds. The predicted molar refractivity (Wildman–Crippen MR) is 121 cm³/mol. The van der Waals surface area contributed by atoms with E-state index in [-0.39, 0.29) is 5.56 Å². The highest BCUT2D eigenvalue weighted by atomic mass is 19.1. The first-order chi connectivity index (χ1) is 15.9. The van der Waals surface area contributed by atoms with Crippen LogP contribution in [0.3, 0.4) is 0 Å². The average molecular weight is 443 g/mol. The number of hydrogen-bond donors (Lipinski definition) is 1. The second kappa shape index (κ2) is 7.94. The number of anilines is 1. The van der Waals surface area contributed by atoms with E-state index in [2.05, 4.69) is 5.43 Å². The lowest BCUT2D eigenvalue weighted by Crippen LogP contribution is -2.48. The van der Waals surface area contributed by atoms with E-state index in [0.29, 0.717) is 11.3 Å². The molecule has 3 atom stereocenters. The van der Waals surface area contributed by atoms with Crippen LogP contribution in [0.5, 0.6) is 0 Å². The summed E-state index contributed by atoms with van der Waals surface area (Å²) in [7, 11) is 0. The Labute approximate surface area is 190 Å². The maximum absolute atomic E-state index is 14.7. The molecule has 0 spiro atoms. The molecule has 2 saturated heterocycles. The van der Waals surface area contributed by atoms with Crippen molar-refractivity contribution < 1.29 is 18.8 Å². The maximum atomic E-state index is 14.7. The summed E-state index contributed by atoms with van der Waals surface area (Å²) in [5.74, 6) is -2.88. The molecule has 166 valence electrons. The van der Waals surface area contributed by atoms with E-state index in [1.54, 1.807) is 60.7 Å². The summed E-state index contributed by atoms with van der Waals surface area (Å²) in [6, 6.07) is 18.1. The number of rotatable bonds is 3. The van der Waals surface area contributed by atoms with Gasteiger partial charge in [-0.2, -0.15) is 0 Å². The van der Waals surface area contributed by atoms with Crippen LogP contribution >= 0.6 is 0 Å². The number of hydrazine groups is 1. The van der Waals surface area contributed by atoms with Crippen LogP contribution in [0.1, 0.15) is 33.1 Å². The number of fused-ring (bicyclic) bond motifs is 1. The molecule has 0 aromatic heterocycles. The fraction of sp³-hybridized carbons (Fsp3) is 0.192. The SMILES string of the molecule is Cc1ccc(C(=O)N2N[C@H](c3ccccc3F)[C@@H]3C(=O)N(c4cccc(C)c4)C(=O)[C@@H]32)cc1. The van der Waals surface area contributed by atoms with Gasteiger partial charge in [0.25, 0.3) is 11.8 Å².